The highest BCUT2D eigenvalue weighted by atomic mass is 19.1. The Kier molecular flexibility index (Phi) is 1.46. The van der Waals surface area contributed by atoms with Crippen LogP contribution in [0.25, 0.3) is 11.0 Å². The van der Waals surface area contributed by atoms with Gasteiger partial charge in [-0.2, -0.15) is 0 Å². The predicted molar refractivity (Wildman–Crippen MR) is 40.5 cm³/mol. The Hall–Kier alpha value is -1.58. The first-order valence-electron chi connectivity index (χ1n) is 3.44. The molecule has 1 aromatic carbocycles. The molecule has 1 heterocycles. The molecule has 0 aliphatic carbocycles. The van der Waals surface area contributed by atoms with Gasteiger partial charge < -0.3 is 9.63 Å². The minimum Gasteiger partial charge on any atom is -0.508 e. The summed E-state index contributed by atoms with van der Waals surface area (Å²) < 4.78 is 17.0. The highest BCUT2D eigenvalue weighted by molar-refractivity contribution is 5.80. The van der Waals surface area contributed by atoms with E-state index in [0.717, 1.165) is 0 Å². The number of hydrogen-bond acceptors (Lipinski definition) is 3. The van der Waals surface area contributed by atoms with Gasteiger partial charge in [0.2, 0.25) is 0 Å². The third kappa shape index (κ3) is 0.922. The van der Waals surface area contributed by atoms with Gasteiger partial charge >= 0.3 is 0 Å². The lowest BCUT2D eigenvalue weighted by molar-refractivity contribution is 0.410. The van der Waals surface area contributed by atoms with Gasteiger partial charge in [-0.05, 0) is 18.2 Å². The molecule has 0 radical (unpaired) electrons. The van der Waals surface area contributed by atoms with E-state index >= 15 is 0 Å². The van der Waals surface area contributed by atoms with Crippen LogP contribution in [-0.2, 0) is 6.67 Å². The number of benzene rings is 1. The van der Waals surface area contributed by atoms with Gasteiger partial charge in [-0.3, -0.25) is 0 Å². The van der Waals surface area contributed by atoms with Crippen LogP contribution in [0.15, 0.2) is 22.7 Å². The van der Waals surface area contributed by atoms with Gasteiger partial charge in [0.25, 0.3) is 0 Å². The summed E-state index contributed by atoms with van der Waals surface area (Å²) in [5, 5.41) is 13.1. The standard InChI is InChI=1S/C8H6FNO2/c9-4-7-6-3-5(11)1-2-8(6)12-10-7/h1-3,11H,4H2. The van der Waals surface area contributed by atoms with Crippen molar-refractivity contribution >= 4 is 11.0 Å². The van der Waals surface area contributed by atoms with Crippen molar-refractivity contribution in [2.45, 2.75) is 6.67 Å². The molecule has 0 spiro atoms. The van der Waals surface area contributed by atoms with Gasteiger partial charge in [0, 0.05) is 0 Å². The number of aromatic hydroxyl groups is 1. The van der Waals surface area contributed by atoms with Gasteiger partial charge in [-0.25, -0.2) is 4.39 Å². The molecule has 0 aliphatic heterocycles. The van der Waals surface area contributed by atoms with Crippen LogP contribution in [0.5, 0.6) is 5.75 Å². The molecule has 0 atom stereocenters. The van der Waals surface area contributed by atoms with E-state index in [1.54, 1.807) is 6.07 Å². The fourth-order valence-electron chi connectivity index (χ4n) is 1.07. The van der Waals surface area contributed by atoms with Gasteiger partial charge in [-0.15, -0.1) is 0 Å². The third-order valence-corrected chi connectivity index (χ3v) is 1.65. The van der Waals surface area contributed by atoms with Crippen molar-refractivity contribution in [1.82, 2.24) is 5.16 Å². The Morgan fingerprint density at radius 3 is 3.08 bits per heavy atom. The van der Waals surface area contributed by atoms with Crippen molar-refractivity contribution in [3.63, 3.8) is 0 Å². The topological polar surface area (TPSA) is 46.3 Å². The maximum Gasteiger partial charge on any atom is 0.167 e. The van der Waals surface area contributed by atoms with Gasteiger partial charge in [-0.1, -0.05) is 5.16 Å². The summed E-state index contributed by atoms with van der Waals surface area (Å²) in [6.45, 7) is -0.684. The van der Waals surface area contributed by atoms with Crippen LogP contribution in [0.4, 0.5) is 4.39 Å². The molecule has 3 nitrogen and oxygen atoms in total. The van der Waals surface area contributed by atoms with Crippen LogP contribution in [0.1, 0.15) is 5.69 Å². The number of hydrogen-bond donors (Lipinski definition) is 1. The minimum absolute atomic E-state index is 0.0837. The van der Waals surface area contributed by atoms with E-state index < -0.39 is 6.67 Å². The van der Waals surface area contributed by atoms with E-state index in [1.165, 1.54) is 12.1 Å². The van der Waals surface area contributed by atoms with Crippen molar-refractivity contribution in [3.05, 3.63) is 23.9 Å². The van der Waals surface area contributed by atoms with Crippen molar-refractivity contribution < 1.29 is 14.0 Å². The number of phenolic OH excluding ortho intramolecular Hbond substituents is 1. The molecule has 0 fully saturated rings. The maximum atomic E-state index is 12.2. The molecule has 12 heavy (non-hydrogen) atoms. The fourth-order valence-corrected chi connectivity index (χ4v) is 1.07. The zero-order valence-electron chi connectivity index (χ0n) is 6.12. The van der Waals surface area contributed by atoms with Crippen LogP contribution in [0, 0.1) is 0 Å². The lowest BCUT2D eigenvalue weighted by Gasteiger charge is -1.89. The van der Waals surface area contributed by atoms with Gasteiger partial charge in [0.15, 0.2) is 5.58 Å². The molecule has 0 amide bonds. The first-order valence-corrected chi connectivity index (χ1v) is 3.44. The molecule has 0 saturated heterocycles. The second-order valence-electron chi connectivity index (χ2n) is 2.44. The second kappa shape index (κ2) is 2.48. The van der Waals surface area contributed by atoms with Crippen molar-refractivity contribution in [2.75, 3.05) is 0 Å². The van der Waals surface area contributed by atoms with Crippen molar-refractivity contribution in [3.8, 4) is 5.75 Å². The summed E-state index contributed by atoms with van der Waals surface area (Å²) >= 11 is 0. The largest absolute Gasteiger partial charge is 0.508 e. The Morgan fingerprint density at radius 2 is 2.33 bits per heavy atom. The van der Waals surface area contributed by atoms with E-state index in [-0.39, 0.29) is 11.4 Å². The zero-order chi connectivity index (χ0) is 8.55. The van der Waals surface area contributed by atoms with E-state index in [2.05, 4.69) is 5.16 Å². The first-order chi connectivity index (χ1) is 5.81. The highest BCUT2D eigenvalue weighted by Gasteiger charge is 2.07. The quantitative estimate of drug-likeness (QED) is 0.706. The molecule has 62 valence electrons. The fraction of sp³-hybridized carbons (Fsp3) is 0.125. The molecule has 4 heteroatoms. The van der Waals surface area contributed by atoms with E-state index in [1.807, 2.05) is 0 Å². The molecule has 2 rings (SSSR count). The SMILES string of the molecule is Oc1ccc2onc(CF)c2c1. The average Bonchev–Trinajstić information content (AvgIpc) is 2.46. The number of phenols is 1. The lowest BCUT2D eigenvalue weighted by atomic mass is 10.2. The monoisotopic (exact) mass is 167 g/mol. The van der Waals surface area contributed by atoms with Crippen LogP contribution in [0.3, 0.4) is 0 Å². The number of nitrogens with zero attached hydrogens (tertiary/aromatic N) is 1. The van der Waals surface area contributed by atoms with Crippen LogP contribution < -0.4 is 0 Å². The van der Waals surface area contributed by atoms with Crippen LogP contribution in [-0.4, -0.2) is 10.3 Å². The molecule has 1 aromatic heterocycles. The maximum absolute atomic E-state index is 12.2. The number of fused-ring (bicyclic) bond motifs is 1. The second-order valence-corrected chi connectivity index (χ2v) is 2.44. The number of alkyl halides is 1. The Bertz CT molecular complexity index is 410. The Balaban J connectivity index is 2.75. The zero-order valence-corrected chi connectivity index (χ0v) is 6.12. The molecule has 0 unspecified atom stereocenters. The molecule has 0 aliphatic rings. The Morgan fingerprint density at radius 1 is 1.50 bits per heavy atom. The summed E-state index contributed by atoms with van der Waals surface area (Å²) in [4.78, 5) is 0. The molecule has 1 N–H and O–H groups in total. The summed E-state index contributed by atoms with van der Waals surface area (Å²) in [6.07, 6.45) is 0. The average molecular weight is 167 g/mol. The lowest BCUT2D eigenvalue weighted by Crippen LogP contribution is -1.76. The summed E-state index contributed by atoms with van der Waals surface area (Å²) in [5.74, 6) is 0.0837. The van der Waals surface area contributed by atoms with Gasteiger partial charge in [0.05, 0.1) is 5.39 Å². The molecular formula is C8H6FNO2. The molecule has 2 aromatic rings. The van der Waals surface area contributed by atoms with Crippen molar-refractivity contribution in [2.24, 2.45) is 0 Å². The highest BCUT2D eigenvalue weighted by Crippen LogP contribution is 2.23. The Labute approximate surface area is 67.4 Å². The van der Waals surface area contributed by atoms with E-state index in [0.29, 0.717) is 11.0 Å². The predicted octanol–water partition coefficient (Wildman–Crippen LogP) is 2.00. The first kappa shape index (κ1) is 7.09. The number of aromatic nitrogens is 1. The number of halogens is 1. The number of rotatable bonds is 1. The summed E-state index contributed by atoms with van der Waals surface area (Å²) in [6, 6.07) is 4.45. The normalized spacial score (nSPS) is 10.8. The third-order valence-electron chi connectivity index (χ3n) is 1.65. The minimum atomic E-state index is -0.684. The van der Waals surface area contributed by atoms with E-state index in [9.17, 15) is 4.39 Å². The van der Waals surface area contributed by atoms with Crippen molar-refractivity contribution in [1.29, 1.82) is 0 Å². The van der Waals surface area contributed by atoms with Crippen LogP contribution >= 0.6 is 0 Å². The molecule has 0 bridgehead atoms. The summed E-state index contributed by atoms with van der Waals surface area (Å²) in [5.41, 5.74) is 0.710. The summed E-state index contributed by atoms with van der Waals surface area (Å²) in [7, 11) is 0. The molecule has 0 saturated carbocycles. The van der Waals surface area contributed by atoms with E-state index in [4.69, 9.17) is 9.63 Å². The van der Waals surface area contributed by atoms with Crippen LogP contribution in [0.2, 0.25) is 0 Å². The smallest absolute Gasteiger partial charge is 0.167 e. The van der Waals surface area contributed by atoms with Gasteiger partial charge in [0.1, 0.15) is 18.1 Å². The molecular weight excluding hydrogens is 161 g/mol.